The first-order chi connectivity index (χ1) is 12.1. The smallest absolute Gasteiger partial charge is 0.268 e. The van der Waals surface area contributed by atoms with Crippen LogP contribution in [0.2, 0.25) is 0 Å². The fraction of sp³-hybridized carbons (Fsp3) is 0.941. The second kappa shape index (κ2) is 15.7. The quantitative estimate of drug-likeness (QED) is 0.236. The van der Waals surface area contributed by atoms with Crippen LogP contribution < -0.4 is 4.89 Å². The minimum absolute atomic E-state index is 0.0273. The van der Waals surface area contributed by atoms with E-state index in [1.54, 1.807) is 6.92 Å². The van der Waals surface area contributed by atoms with Gasteiger partial charge >= 0.3 is 0 Å². The fourth-order valence-electron chi connectivity index (χ4n) is 1.89. The molecule has 26 heavy (non-hydrogen) atoms. The van der Waals surface area contributed by atoms with Crippen molar-refractivity contribution in [3.05, 3.63) is 0 Å². The molecular formula is C17H38NO7P. The largest absolute Gasteiger partial charge is 0.756 e. The molecule has 0 fully saturated rings. The lowest BCUT2D eigenvalue weighted by Gasteiger charge is -2.28. The van der Waals surface area contributed by atoms with Crippen molar-refractivity contribution >= 4 is 14.6 Å². The van der Waals surface area contributed by atoms with Gasteiger partial charge in [0.25, 0.3) is 7.82 Å². The summed E-state index contributed by atoms with van der Waals surface area (Å²) in [6.45, 7) is 9.81. The fourth-order valence-corrected chi connectivity index (χ4v) is 2.67. The highest BCUT2D eigenvalue weighted by atomic mass is 31.2. The molecule has 0 aliphatic rings. The Labute approximate surface area is 159 Å². The summed E-state index contributed by atoms with van der Waals surface area (Å²) in [4.78, 5) is 19.6. The highest BCUT2D eigenvalue weighted by molar-refractivity contribution is 7.45. The number of rotatable bonds is 15. The average molecular weight is 399 g/mol. The van der Waals surface area contributed by atoms with E-state index in [2.05, 4.69) is 6.92 Å². The number of ether oxygens (including phenoxy) is 2. The number of phosphoric acid groups is 1. The minimum Gasteiger partial charge on any atom is -0.756 e. The molecule has 0 aliphatic carbocycles. The summed E-state index contributed by atoms with van der Waals surface area (Å²) < 4.78 is 33.0. The number of carbonyl (C=O) groups is 1. The summed E-state index contributed by atoms with van der Waals surface area (Å²) in [5.41, 5.74) is 0. The van der Waals surface area contributed by atoms with Gasteiger partial charge in [-0.3, -0.25) is 4.57 Å². The Balaban J connectivity index is 0. The van der Waals surface area contributed by atoms with Crippen molar-refractivity contribution in [1.82, 2.24) is 0 Å². The summed E-state index contributed by atoms with van der Waals surface area (Å²) in [7, 11) is 1.64. The van der Waals surface area contributed by atoms with Crippen LogP contribution in [0.3, 0.4) is 0 Å². The number of carbonyl (C=O) groups excluding carboxylic acids is 1. The molecule has 9 heteroatoms. The molecule has 0 spiro atoms. The molecule has 158 valence electrons. The summed E-state index contributed by atoms with van der Waals surface area (Å²) >= 11 is 0. The zero-order valence-corrected chi connectivity index (χ0v) is 18.2. The molecule has 0 aromatic carbocycles. The van der Waals surface area contributed by atoms with Gasteiger partial charge in [-0.2, -0.15) is 0 Å². The lowest BCUT2D eigenvalue weighted by molar-refractivity contribution is -0.870. The molecule has 0 aromatic rings. The zero-order valence-electron chi connectivity index (χ0n) is 17.3. The maximum atomic E-state index is 11.6. The molecule has 8 nitrogen and oxygen atoms in total. The molecule has 2 unspecified atom stereocenters. The first-order valence-corrected chi connectivity index (χ1v) is 10.4. The van der Waals surface area contributed by atoms with E-state index in [1.807, 2.05) is 34.9 Å². The van der Waals surface area contributed by atoms with Crippen molar-refractivity contribution in [2.45, 2.75) is 52.2 Å². The van der Waals surface area contributed by atoms with Crippen molar-refractivity contribution in [3.63, 3.8) is 0 Å². The van der Waals surface area contributed by atoms with Gasteiger partial charge in [-0.25, -0.2) is 0 Å². The number of phosphoric ester groups is 1. The lowest BCUT2D eigenvalue weighted by Crippen LogP contribution is -2.37. The topological polar surface area (TPSA) is 94.1 Å². The Morgan fingerprint density at radius 1 is 1.00 bits per heavy atom. The number of unbranched alkanes of at least 4 members (excludes halogenated alkanes) is 1. The lowest BCUT2D eigenvalue weighted by atomic mass is 10.2. The van der Waals surface area contributed by atoms with Crippen LogP contribution in [0.25, 0.3) is 0 Å². The van der Waals surface area contributed by atoms with E-state index in [-0.39, 0.29) is 25.4 Å². The Morgan fingerprint density at radius 2 is 1.62 bits per heavy atom. The SMILES string of the molecule is C=O.CCOC(C)CCCCO[C@H](C)COP(=O)([O-])OCC[N+](C)(C)C. The van der Waals surface area contributed by atoms with Gasteiger partial charge in [-0.05, 0) is 40.0 Å². The van der Waals surface area contributed by atoms with Crippen LogP contribution in [-0.2, 0) is 27.9 Å². The molecule has 0 saturated carbocycles. The van der Waals surface area contributed by atoms with Crippen LogP contribution in [0.15, 0.2) is 0 Å². The van der Waals surface area contributed by atoms with E-state index in [9.17, 15) is 9.46 Å². The predicted octanol–water partition coefficient (Wildman–Crippen LogP) is 2.01. The van der Waals surface area contributed by atoms with Crippen LogP contribution >= 0.6 is 7.82 Å². The van der Waals surface area contributed by atoms with Gasteiger partial charge in [0.05, 0.1) is 40.0 Å². The third-order valence-electron chi connectivity index (χ3n) is 3.34. The molecular weight excluding hydrogens is 361 g/mol. The van der Waals surface area contributed by atoms with E-state index < -0.39 is 7.82 Å². The molecule has 0 heterocycles. The van der Waals surface area contributed by atoms with E-state index in [0.29, 0.717) is 17.6 Å². The first kappa shape index (κ1) is 27.9. The molecule has 0 rings (SSSR count). The van der Waals surface area contributed by atoms with Crippen LogP contribution in [0, 0.1) is 0 Å². The van der Waals surface area contributed by atoms with Gasteiger partial charge in [-0.15, -0.1) is 0 Å². The molecule has 0 bridgehead atoms. The van der Waals surface area contributed by atoms with Crippen LogP contribution in [-0.4, -0.2) is 77.6 Å². The molecule has 3 atom stereocenters. The number of hydrogen-bond donors (Lipinski definition) is 0. The van der Waals surface area contributed by atoms with Gasteiger partial charge < -0.3 is 32.7 Å². The summed E-state index contributed by atoms with van der Waals surface area (Å²) in [5.74, 6) is 0. The highest BCUT2D eigenvalue weighted by Gasteiger charge is 2.15. The van der Waals surface area contributed by atoms with E-state index in [4.69, 9.17) is 23.3 Å². The predicted molar refractivity (Wildman–Crippen MR) is 99.9 cm³/mol. The molecule has 0 saturated heterocycles. The van der Waals surface area contributed by atoms with Crippen molar-refractivity contribution in [2.24, 2.45) is 0 Å². The average Bonchev–Trinajstić information content (AvgIpc) is 2.53. The number of nitrogens with zero attached hydrogens (tertiary/aromatic N) is 1. The molecule has 0 radical (unpaired) electrons. The van der Waals surface area contributed by atoms with Crippen LogP contribution in [0.4, 0.5) is 0 Å². The molecule has 0 amide bonds. The van der Waals surface area contributed by atoms with Crippen molar-refractivity contribution < 1.29 is 37.3 Å². The third-order valence-corrected chi connectivity index (χ3v) is 4.30. The Kier molecular flexibility index (Phi) is 16.8. The van der Waals surface area contributed by atoms with Gasteiger partial charge in [0.15, 0.2) is 0 Å². The maximum absolute atomic E-state index is 11.6. The van der Waals surface area contributed by atoms with Gasteiger partial charge in [0.2, 0.25) is 0 Å². The van der Waals surface area contributed by atoms with E-state index in [1.165, 1.54) is 0 Å². The van der Waals surface area contributed by atoms with E-state index in [0.717, 1.165) is 25.9 Å². The second-order valence-corrected chi connectivity index (χ2v) is 8.44. The second-order valence-electron chi connectivity index (χ2n) is 7.03. The van der Waals surface area contributed by atoms with Gasteiger partial charge in [-0.1, -0.05) is 0 Å². The Hall–Kier alpha value is -0.340. The summed E-state index contributed by atoms with van der Waals surface area (Å²) in [6.07, 6.45) is 2.90. The normalized spacial score (nSPS) is 16.3. The summed E-state index contributed by atoms with van der Waals surface area (Å²) in [6, 6.07) is 0. The Bertz CT molecular complexity index is 377. The molecule has 0 aliphatic heterocycles. The highest BCUT2D eigenvalue weighted by Crippen LogP contribution is 2.38. The monoisotopic (exact) mass is 399 g/mol. The zero-order chi connectivity index (χ0) is 20.6. The van der Waals surface area contributed by atoms with Gasteiger partial charge in [0, 0.05) is 13.2 Å². The first-order valence-electron chi connectivity index (χ1n) is 8.98. The van der Waals surface area contributed by atoms with Crippen molar-refractivity contribution in [3.8, 4) is 0 Å². The number of hydrogen-bond acceptors (Lipinski definition) is 7. The van der Waals surface area contributed by atoms with E-state index >= 15 is 0 Å². The maximum Gasteiger partial charge on any atom is 0.268 e. The minimum atomic E-state index is -4.25. The number of likely N-dealkylation sites (N-methyl/N-ethyl adjacent to an activating group) is 1. The van der Waals surface area contributed by atoms with Crippen LogP contribution in [0.5, 0.6) is 0 Å². The molecule has 0 aromatic heterocycles. The Morgan fingerprint density at radius 3 is 2.15 bits per heavy atom. The standard InChI is InChI=1S/C16H36NO6P.CH2O/c1-7-20-15(2)10-8-9-12-21-16(3)14-23-24(18,19)22-13-11-17(4,5)6;1-2/h15-16H,7-14H2,1-6H3;1H2/t15?,16-;/m1./s1. The van der Waals surface area contributed by atoms with Crippen LogP contribution in [0.1, 0.15) is 40.0 Å². The third kappa shape index (κ3) is 20.0. The molecule has 0 N–H and O–H groups in total. The summed E-state index contributed by atoms with van der Waals surface area (Å²) in [5, 5.41) is 0. The van der Waals surface area contributed by atoms with Crippen molar-refractivity contribution in [1.29, 1.82) is 0 Å². The number of quaternary nitrogens is 1. The van der Waals surface area contributed by atoms with Gasteiger partial charge in [0.1, 0.15) is 19.9 Å². The van der Waals surface area contributed by atoms with Crippen molar-refractivity contribution in [2.75, 3.05) is 54.1 Å².